The summed E-state index contributed by atoms with van der Waals surface area (Å²) in [6.45, 7) is 1.25. The second-order valence-electron chi connectivity index (χ2n) is 9.48. The predicted molar refractivity (Wildman–Crippen MR) is 136 cm³/mol. The van der Waals surface area contributed by atoms with Gasteiger partial charge in [0, 0.05) is 37.3 Å². The molecular formula is C26H27N5O4S. The SMILES string of the molecule is CN1CC(NC(=O)C2=C3NC(=O)N(c4ccc(Oc5ccccc5)cc4)C4CCNC(S2)C34)CC1=O. The fourth-order valence-corrected chi connectivity index (χ4v) is 6.83. The molecule has 4 amide bonds. The lowest BCUT2D eigenvalue weighted by molar-refractivity contribution is -0.126. The molecule has 0 radical (unpaired) electrons. The first-order chi connectivity index (χ1) is 17.5. The van der Waals surface area contributed by atoms with Crippen molar-refractivity contribution >= 4 is 35.3 Å². The maximum atomic E-state index is 13.3. The van der Waals surface area contributed by atoms with Gasteiger partial charge in [0.1, 0.15) is 11.5 Å². The van der Waals surface area contributed by atoms with Crippen LogP contribution in [0.5, 0.6) is 11.5 Å². The van der Waals surface area contributed by atoms with Crippen molar-refractivity contribution < 1.29 is 19.1 Å². The molecule has 186 valence electrons. The van der Waals surface area contributed by atoms with Crippen molar-refractivity contribution in [3.63, 3.8) is 0 Å². The highest BCUT2D eigenvalue weighted by Crippen LogP contribution is 2.48. The normalized spacial score (nSPS) is 27.1. The van der Waals surface area contributed by atoms with Crippen LogP contribution >= 0.6 is 11.8 Å². The van der Waals surface area contributed by atoms with Crippen LogP contribution in [0.3, 0.4) is 0 Å². The minimum atomic E-state index is -0.243. The molecule has 4 aliphatic rings. The third-order valence-corrected chi connectivity index (χ3v) is 8.47. The van der Waals surface area contributed by atoms with Gasteiger partial charge in [-0.05, 0) is 49.4 Å². The summed E-state index contributed by atoms with van der Waals surface area (Å²) in [5, 5.41) is 9.51. The number of carbonyl (C=O) groups excluding carboxylic acids is 3. The number of likely N-dealkylation sites (N-methyl/N-ethyl adjacent to an activating group) is 1. The number of ether oxygens (including phenoxy) is 1. The third kappa shape index (κ3) is 4.10. The molecule has 4 atom stereocenters. The summed E-state index contributed by atoms with van der Waals surface area (Å²) in [6, 6.07) is 16.5. The highest BCUT2D eigenvalue weighted by Gasteiger charge is 2.51. The van der Waals surface area contributed by atoms with Gasteiger partial charge in [0.05, 0.1) is 22.4 Å². The highest BCUT2D eigenvalue weighted by molar-refractivity contribution is 8.04. The van der Waals surface area contributed by atoms with Crippen LogP contribution in [0.1, 0.15) is 12.8 Å². The first kappa shape index (κ1) is 22.9. The van der Waals surface area contributed by atoms with Gasteiger partial charge in [-0.1, -0.05) is 30.0 Å². The summed E-state index contributed by atoms with van der Waals surface area (Å²) < 4.78 is 5.90. The van der Waals surface area contributed by atoms with E-state index in [1.165, 1.54) is 11.8 Å². The number of hydrogen-bond acceptors (Lipinski definition) is 6. The molecule has 36 heavy (non-hydrogen) atoms. The first-order valence-electron chi connectivity index (χ1n) is 12.1. The average molecular weight is 506 g/mol. The molecule has 0 aliphatic carbocycles. The van der Waals surface area contributed by atoms with Crippen molar-refractivity contribution in [3.8, 4) is 11.5 Å². The Labute approximate surface area is 213 Å². The minimum absolute atomic E-state index is 0.00355. The van der Waals surface area contributed by atoms with E-state index in [1.807, 2.05) is 54.6 Å². The van der Waals surface area contributed by atoms with Crippen LogP contribution in [0.25, 0.3) is 0 Å². The Kier molecular flexibility index (Phi) is 5.85. The summed E-state index contributed by atoms with van der Waals surface area (Å²) in [7, 11) is 1.74. The van der Waals surface area contributed by atoms with Gasteiger partial charge in [0.2, 0.25) is 5.91 Å². The van der Waals surface area contributed by atoms with Gasteiger partial charge in [-0.25, -0.2) is 4.79 Å². The molecule has 3 N–H and O–H groups in total. The number of carbonyl (C=O) groups is 3. The molecule has 10 heteroatoms. The molecule has 0 aromatic heterocycles. The number of anilines is 1. The van der Waals surface area contributed by atoms with E-state index in [9.17, 15) is 14.4 Å². The number of rotatable bonds is 5. The number of amides is 4. The topological polar surface area (TPSA) is 103 Å². The molecule has 0 spiro atoms. The van der Waals surface area contributed by atoms with Crippen molar-refractivity contribution in [1.82, 2.24) is 20.9 Å². The van der Waals surface area contributed by atoms with Crippen molar-refractivity contribution in [2.24, 2.45) is 5.92 Å². The number of piperidine rings is 1. The van der Waals surface area contributed by atoms with Crippen LogP contribution in [0.2, 0.25) is 0 Å². The minimum Gasteiger partial charge on any atom is -0.457 e. The van der Waals surface area contributed by atoms with E-state index in [1.54, 1.807) is 16.8 Å². The molecule has 4 heterocycles. The van der Waals surface area contributed by atoms with Crippen LogP contribution in [0.4, 0.5) is 10.5 Å². The number of thioether (sulfide) groups is 1. The zero-order chi connectivity index (χ0) is 24.8. The third-order valence-electron chi connectivity index (χ3n) is 7.12. The van der Waals surface area contributed by atoms with Gasteiger partial charge in [0.15, 0.2) is 0 Å². The maximum Gasteiger partial charge on any atom is 0.326 e. The van der Waals surface area contributed by atoms with E-state index in [-0.39, 0.29) is 41.2 Å². The average Bonchev–Trinajstić information content (AvgIpc) is 3.40. The molecule has 3 fully saturated rings. The lowest BCUT2D eigenvalue weighted by Gasteiger charge is -2.45. The van der Waals surface area contributed by atoms with Gasteiger partial charge in [-0.15, -0.1) is 0 Å². The van der Waals surface area contributed by atoms with Crippen molar-refractivity contribution in [3.05, 3.63) is 65.2 Å². The summed E-state index contributed by atoms with van der Waals surface area (Å²) in [4.78, 5) is 42.4. The number of urea groups is 1. The van der Waals surface area contributed by atoms with Crippen molar-refractivity contribution in [1.29, 1.82) is 0 Å². The predicted octanol–water partition coefficient (Wildman–Crippen LogP) is 2.62. The second-order valence-corrected chi connectivity index (χ2v) is 10.6. The lowest BCUT2D eigenvalue weighted by atomic mass is 9.86. The Bertz CT molecular complexity index is 1230. The number of hydrogen-bond donors (Lipinski definition) is 3. The van der Waals surface area contributed by atoms with Gasteiger partial charge < -0.3 is 25.6 Å². The second kappa shape index (κ2) is 9.18. The van der Waals surface area contributed by atoms with Crippen LogP contribution in [0.15, 0.2) is 65.2 Å². The molecular weight excluding hydrogens is 478 g/mol. The maximum absolute atomic E-state index is 13.3. The monoisotopic (exact) mass is 505 g/mol. The number of nitrogens with one attached hydrogen (secondary N) is 3. The van der Waals surface area contributed by atoms with Crippen LogP contribution in [-0.2, 0) is 9.59 Å². The van der Waals surface area contributed by atoms with Gasteiger partial charge >= 0.3 is 6.03 Å². The molecule has 2 aromatic rings. The number of para-hydroxylation sites is 1. The Morgan fingerprint density at radius 2 is 1.83 bits per heavy atom. The summed E-state index contributed by atoms with van der Waals surface area (Å²) >= 11 is 1.46. The van der Waals surface area contributed by atoms with Crippen LogP contribution < -0.4 is 25.6 Å². The molecule has 0 bridgehead atoms. The van der Waals surface area contributed by atoms with E-state index >= 15 is 0 Å². The zero-order valence-corrected chi connectivity index (χ0v) is 20.6. The Balaban J connectivity index is 1.22. The van der Waals surface area contributed by atoms with Gasteiger partial charge in [-0.3, -0.25) is 14.5 Å². The smallest absolute Gasteiger partial charge is 0.326 e. The van der Waals surface area contributed by atoms with Gasteiger partial charge in [0.25, 0.3) is 5.91 Å². The molecule has 4 aliphatic heterocycles. The largest absolute Gasteiger partial charge is 0.457 e. The van der Waals surface area contributed by atoms with E-state index in [4.69, 9.17) is 4.74 Å². The molecule has 2 aromatic carbocycles. The summed E-state index contributed by atoms with van der Waals surface area (Å²) in [5.41, 5.74) is 1.47. The first-order valence-corrected chi connectivity index (χ1v) is 13.0. The van der Waals surface area contributed by atoms with Crippen molar-refractivity contribution in [2.45, 2.75) is 30.3 Å². The fraction of sp³-hybridized carbons (Fsp3) is 0.346. The highest BCUT2D eigenvalue weighted by atomic mass is 32.2. The molecule has 6 rings (SSSR count). The van der Waals surface area contributed by atoms with Crippen LogP contribution in [-0.4, -0.2) is 60.3 Å². The summed E-state index contributed by atoms with van der Waals surface area (Å²) in [5.74, 6) is 1.20. The number of nitrogens with zero attached hydrogens (tertiary/aromatic N) is 2. The van der Waals surface area contributed by atoms with E-state index in [0.29, 0.717) is 29.3 Å². The van der Waals surface area contributed by atoms with E-state index < -0.39 is 0 Å². The standard InChI is InChI=1S/C26H27N5O4S/c1-30-14-15(13-20(30)32)28-24(33)23-22-21-19(11-12-27-25(21)36-23)31(26(34)29-22)16-7-9-18(10-8-16)35-17-5-3-2-4-6-17/h2-10,15,19,21,25,27H,11-14H2,1H3,(H,28,33)(H,29,34). The lowest BCUT2D eigenvalue weighted by Crippen LogP contribution is -2.62. The van der Waals surface area contributed by atoms with Gasteiger partial charge in [-0.2, -0.15) is 0 Å². The number of benzene rings is 2. The zero-order valence-electron chi connectivity index (χ0n) is 19.8. The van der Waals surface area contributed by atoms with Crippen LogP contribution in [0, 0.1) is 5.92 Å². The summed E-state index contributed by atoms with van der Waals surface area (Å²) in [6.07, 6.45) is 1.07. The Morgan fingerprint density at radius 1 is 1.08 bits per heavy atom. The Hall–Kier alpha value is -3.50. The molecule has 0 saturated carbocycles. The quantitative estimate of drug-likeness (QED) is 0.577. The molecule has 3 saturated heterocycles. The molecule has 9 nitrogen and oxygen atoms in total. The van der Waals surface area contributed by atoms with E-state index in [2.05, 4.69) is 16.0 Å². The Morgan fingerprint density at radius 3 is 2.56 bits per heavy atom. The fourth-order valence-electron chi connectivity index (χ4n) is 5.43. The van der Waals surface area contributed by atoms with E-state index in [0.717, 1.165) is 24.4 Å². The number of likely N-dealkylation sites (tertiary alicyclic amines) is 1. The van der Waals surface area contributed by atoms with Crippen molar-refractivity contribution in [2.75, 3.05) is 25.0 Å². The molecule has 4 unspecified atom stereocenters.